The standard InChI is InChI=1S/C19H21N3O2S/c1-14-21-17(11-25-14)16-6-4-15(5-7-16)10-18(23)24-12-19(2,3)22-9-8-20-13-22/h4-9,11,13H,10,12H2,1-3H3. The van der Waals surface area contributed by atoms with Crippen LogP contribution < -0.4 is 0 Å². The maximum Gasteiger partial charge on any atom is 0.310 e. The highest BCUT2D eigenvalue weighted by Gasteiger charge is 2.21. The highest BCUT2D eigenvalue weighted by atomic mass is 32.1. The number of nitrogens with zero attached hydrogens (tertiary/aromatic N) is 3. The van der Waals surface area contributed by atoms with Crippen molar-refractivity contribution in [3.63, 3.8) is 0 Å². The lowest BCUT2D eigenvalue weighted by molar-refractivity contribution is -0.145. The summed E-state index contributed by atoms with van der Waals surface area (Å²) in [6.07, 6.45) is 5.57. The number of imidazole rings is 1. The summed E-state index contributed by atoms with van der Waals surface area (Å²) in [5.74, 6) is -0.231. The first-order valence-corrected chi connectivity index (χ1v) is 8.97. The lowest BCUT2D eigenvalue weighted by Crippen LogP contribution is -2.32. The van der Waals surface area contributed by atoms with E-state index >= 15 is 0 Å². The number of aromatic nitrogens is 3. The van der Waals surface area contributed by atoms with Gasteiger partial charge in [0.1, 0.15) is 6.61 Å². The number of rotatable bonds is 6. The van der Waals surface area contributed by atoms with Crippen LogP contribution >= 0.6 is 11.3 Å². The first kappa shape index (κ1) is 17.4. The van der Waals surface area contributed by atoms with Crippen LogP contribution in [-0.2, 0) is 21.5 Å². The first-order valence-electron chi connectivity index (χ1n) is 8.09. The molecule has 1 aromatic carbocycles. The zero-order valence-electron chi connectivity index (χ0n) is 14.6. The van der Waals surface area contributed by atoms with Crippen LogP contribution in [0.1, 0.15) is 24.4 Å². The van der Waals surface area contributed by atoms with Crippen molar-refractivity contribution in [3.8, 4) is 11.3 Å². The molecule has 0 saturated heterocycles. The average molecular weight is 355 g/mol. The molecule has 0 aliphatic rings. The van der Waals surface area contributed by atoms with Gasteiger partial charge in [-0.2, -0.15) is 0 Å². The number of ether oxygens (including phenoxy) is 1. The molecule has 2 aromatic heterocycles. The maximum atomic E-state index is 12.1. The zero-order valence-corrected chi connectivity index (χ0v) is 15.4. The summed E-state index contributed by atoms with van der Waals surface area (Å²) in [5.41, 5.74) is 2.64. The summed E-state index contributed by atoms with van der Waals surface area (Å²) in [7, 11) is 0. The second kappa shape index (κ2) is 7.19. The number of esters is 1. The zero-order chi connectivity index (χ0) is 17.9. The van der Waals surface area contributed by atoms with E-state index < -0.39 is 0 Å². The minimum absolute atomic E-state index is 0.231. The Hall–Kier alpha value is -2.47. The minimum Gasteiger partial charge on any atom is -0.463 e. The molecular formula is C19H21N3O2S. The Kier molecular flexibility index (Phi) is 4.99. The summed E-state index contributed by atoms with van der Waals surface area (Å²) in [6, 6.07) is 7.89. The molecule has 0 N–H and O–H groups in total. The number of thiazole rings is 1. The van der Waals surface area contributed by atoms with E-state index in [9.17, 15) is 4.79 Å². The second-order valence-corrected chi connectivity index (χ2v) is 7.63. The molecule has 2 heterocycles. The van der Waals surface area contributed by atoms with Gasteiger partial charge in [0, 0.05) is 23.3 Å². The Morgan fingerprint density at radius 3 is 2.64 bits per heavy atom. The van der Waals surface area contributed by atoms with Crippen molar-refractivity contribution in [2.24, 2.45) is 0 Å². The van der Waals surface area contributed by atoms with Gasteiger partial charge in [0.15, 0.2) is 0 Å². The van der Waals surface area contributed by atoms with Crippen molar-refractivity contribution in [2.75, 3.05) is 6.61 Å². The Balaban J connectivity index is 1.56. The van der Waals surface area contributed by atoms with E-state index in [1.54, 1.807) is 23.9 Å². The highest BCUT2D eigenvalue weighted by Crippen LogP contribution is 2.22. The van der Waals surface area contributed by atoms with Gasteiger partial charge in [-0.25, -0.2) is 9.97 Å². The van der Waals surface area contributed by atoms with Gasteiger partial charge in [0.25, 0.3) is 0 Å². The summed E-state index contributed by atoms with van der Waals surface area (Å²) < 4.78 is 7.39. The number of carbonyl (C=O) groups excluding carboxylic acids is 1. The minimum atomic E-state index is -0.321. The van der Waals surface area contributed by atoms with Gasteiger partial charge in [0.05, 0.1) is 29.0 Å². The van der Waals surface area contributed by atoms with Gasteiger partial charge in [0.2, 0.25) is 0 Å². The summed E-state index contributed by atoms with van der Waals surface area (Å²) in [6.45, 7) is 6.31. The van der Waals surface area contributed by atoms with E-state index in [2.05, 4.69) is 9.97 Å². The monoisotopic (exact) mass is 355 g/mol. The van der Waals surface area contributed by atoms with Crippen LogP contribution in [0.25, 0.3) is 11.3 Å². The molecule has 0 aliphatic carbocycles. The van der Waals surface area contributed by atoms with E-state index in [1.807, 2.05) is 61.2 Å². The van der Waals surface area contributed by atoms with Crippen molar-refractivity contribution >= 4 is 17.3 Å². The molecule has 0 unspecified atom stereocenters. The Bertz CT molecular complexity index is 836. The highest BCUT2D eigenvalue weighted by molar-refractivity contribution is 7.09. The predicted molar refractivity (Wildman–Crippen MR) is 98.5 cm³/mol. The Morgan fingerprint density at radius 1 is 1.28 bits per heavy atom. The van der Waals surface area contributed by atoms with Crippen LogP contribution in [0.15, 0.2) is 48.4 Å². The van der Waals surface area contributed by atoms with E-state index in [4.69, 9.17) is 4.74 Å². The molecule has 0 amide bonds. The molecule has 3 aromatic rings. The fraction of sp³-hybridized carbons (Fsp3) is 0.316. The molecule has 0 saturated carbocycles. The third kappa shape index (κ3) is 4.33. The molecule has 0 bridgehead atoms. The van der Waals surface area contributed by atoms with Gasteiger partial charge in [-0.15, -0.1) is 11.3 Å². The van der Waals surface area contributed by atoms with Crippen molar-refractivity contribution in [3.05, 3.63) is 58.9 Å². The fourth-order valence-corrected chi connectivity index (χ4v) is 3.08. The lowest BCUT2D eigenvalue weighted by Gasteiger charge is -2.25. The van der Waals surface area contributed by atoms with Gasteiger partial charge in [-0.3, -0.25) is 4.79 Å². The molecule has 3 rings (SSSR count). The lowest BCUT2D eigenvalue weighted by atomic mass is 10.1. The molecule has 130 valence electrons. The SMILES string of the molecule is Cc1nc(-c2ccc(CC(=O)OCC(C)(C)n3ccnc3)cc2)cs1. The topological polar surface area (TPSA) is 57.0 Å². The second-order valence-electron chi connectivity index (χ2n) is 6.57. The summed E-state index contributed by atoms with van der Waals surface area (Å²) >= 11 is 1.63. The van der Waals surface area contributed by atoms with Crippen LogP contribution in [0.3, 0.4) is 0 Å². The molecule has 0 radical (unpaired) electrons. The number of hydrogen-bond donors (Lipinski definition) is 0. The summed E-state index contributed by atoms with van der Waals surface area (Å²) in [5, 5.41) is 3.08. The molecule has 5 nitrogen and oxygen atoms in total. The Morgan fingerprint density at radius 2 is 2.04 bits per heavy atom. The molecule has 6 heteroatoms. The van der Waals surface area contributed by atoms with Gasteiger partial charge < -0.3 is 9.30 Å². The fourth-order valence-electron chi connectivity index (χ4n) is 2.46. The van der Waals surface area contributed by atoms with Crippen LogP contribution in [-0.4, -0.2) is 27.1 Å². The van der Waals surface area contributed by atoms with Crippen LogP contribution in [0.2, 0.25) is 0 Å². The molecular weight excluding hydrogens is 334 g/mol. The number of hydrogen-bond acceptors (Lipinski definition) is 5. The van der Waals surface area contributed by atoms with Gasteiger partial charge in [-0.05, 0) is 26.3 Å². The van der Waals surface area contributed by atoms with E-state index in [1.165, 1.54) is 0 Å². The van der Waals surface area contributed by atoms with E-state index in [0.29, 0.717) is 6.61 Å². The molecule has 25 heavy (non-hydrogen) atoms. The smallest absolute Gasteiger partial charge is 0.310 e. The van der Waals surface area contributed by atoms with Crippen LogP contribution in [0.4, 0.5) is 0 Å². The third-order valence-corrected chi connectivity index (χ3v) is 4.78. The van der Waals surface area contributed by atoms with Crippen molar-refractivity contribution < 1.29 is 9.53 Å². The van der Waals surface area contributed by atoms with Crippen LogP contribution in [0, 0.1) is 6.92 Å². The maximum absolute atomic E-state index is 12.1. The van der Waals surface area contributed by atoms with Gasteiger partial charge in [-0.1, -0.05) is 24.3 Å². The first-order chi connectivity index (χ1) is 11.9. The quantitative estimate of drug-likeness (QED) is 0.631. The van der Waals surface area contributed by atoms with E-state index in [0.717, 1.165) is 21.8 Å². The predicted octanol–water partition coefficient (Wildman–Crippen LogP) is 3.84. The van der Waals surface area contributed by atoms with Crippen LogP contribution in [0.5, 0.6) is 0 Å². The largest absolute Gasteiger partial charge is 0.463 e. The number of carbonyl (C=O) groups is 1. The molecule has 0 fully saturated rings. The van der Waals surface area contributed by atoms with E-state index in [-0.39, 0.29) is 17.9 Å². The average Bonchev–Trinajstić information content (AvgIpc) is 3.26. The Labute approximate surface area is 151 Å². The normalized spacial score (nSPS) is 11.5. The summed E-state index contributed by atoms with van der Waals surface area (Å²) in [4.78, 5) is 20.6. The molecule has 0 aliphatic heterocycles. The number of benzene rings is 1. The van der Waals surface area contributed by atoms with Crippen molar-refractivity contribution in [1.82, 2.24) is 14.5 Å². The number of aryl methyl sites for hydroxylation is 1. The molecule has 0 atom stereocenters. The van der Waals surface area contributed by atoms with Gasteiger partial charge >= 0.3 is 5.97 Å². The van der Waals surface area contributed by atoms with Crippen molar-refractivity contribution in [1.29, 1.82) is 0 Å². The molecule has 0 spiro atoms. The third-order valence-electron chi connectivity index (χ3n) is 4.01. The van der Waals surface area contributed by atoms with Crippen molar-refractivity contribution in [2.45, 2.75) is 32.7 Å².